The summed E-state index contributed by atoms with van der Waals surface area (Å²) in [5.74, 6) is 1.47. The maximum Gasteiger partial charge on any atom is 0.254 e. The van der Waals surface area contributed by atoms with Gasteiger partial charge in [-0.1, -0.05) is 11.3 Å². The molecule has 2 saturated heterocycles. The summed E-state index contributed by atoms with van der Waals surface area (Å²) in [6, 6.07) is 1.98. The molecule has 0 aromatic carbocycles. The van der Waals surface area contributed by atoms with Crippen LogP contribution in [0.1, 0.15) is 19.8 Å². The third-order valence-corrected chi connectivity index (χ3v) is 8.24. The maximum atomic E-state index is 12.9. The number of sulfonamides is 1. The lowest BCUT2D eigenvalue weighted by molar-refractivity contribution is -0.114. The zero-order valence-corrected chi connectivity index (χ0v) is 17.7. The number of hydrogen-bond acceptors (Lipinski definition) is 9. The van der Waals surface area contributed by atoms with Crippen LogP contribution in [0.25, 0.3) is 0 Å². The second-order valence-electron chi connectivity index (χ2n) is 6.99. The lowest BCUT2D eigenvalue weighted by Gasteiger charge is -2.34. The summed E-state index contributed by atoms with van der Waals surface area (Å²) in [5.41, 5.74) is 0. The molecule has 2 fully saturated rings. The summed E-state index contributed by atoms with van der Waals surface area (Å²) in [6.07, 6.45) is 5.23. The maximum absolute atomic E-state index is 12.9. The molecule has 2 aliphatic heterocycles. The molecular weight excluding hydrogens is 414 g/mol. The average Bonchev–Trinajstić information content (AvgIpc) is 3.40. The first-order valence-electron chi connectivity index (χ1n) is 9.49. The second-order valence-corrected chi connectivity index (χ2v) is 10.2. The fraction of sp³-hybridized carbons (Fsp3) is 0.529. The molecule has 0 atom stereocenters. The second kappa shape index (κ2) is 8.20. The fourth-order valence-electron chi connectivity index (χ4n) is 3.50. The molecule has 0 unspecified atom stereocenters. The highest BCUT2D eigenvalue weighted by molar-refractivity contribution is 7.91. The van der Waals surface area contributed by atoms with Crippen molar-refractivity contribution in [3.05, 3.63) is 18.6 Å². The molecule has 2 aliphatic rings. The molecule has 2 aromatic heterocycles. The summed E-state index contributed by atoms with van der Waals surface area (Å²) in [4.78, 5) is 28.2. The summed E-state index contributed by atoms with van der Waals surface area (Å²) < 4.78 is 27.4. The van der Waals surface area contributed by atoms with E-state index >= 15 is 0 Å². The summed E-state index contributed by atoms with van der Waals surface area (Å²) >= 11 is 0.963. The van der Waals surface area contributed by atoms with Crippen molar-refractivity contribution in [2.24, 2.45) is 0 Å². The van der Waals surface area contributed by atoms with Gasteiger partial charge in [-0.2, -0.15) is 4.31 Å². The van der Waals surface area contributed by atoms with Crippen LogP contribution in [0.2, 0.25) is 0 Å². The molecule has 2 aromatic rings. The van der Waals surface area contributed by atoms with Crippen LogP contribution in [0.5, 0.6) is 0 Å². The van der Waals surface area contributed by atoms with Gasteiger partial charge in [0.2, 0.25) is 5.91 Å². The van der Waals surface area contributed by atoms with E-state index in [2.05, 4.69) is 30.1 Å². The molecule has 0 spiro atoms. The Hall–Kier alpha value is -2.31. The van der Waals surface area contributed by atoms with Gasteiger partial charge >= 0.3 is 0 Å². The standard InChI is InChI=1S/C17H23N7O3S2/c1-13(25)21-17-18-11-16(28-17)29(26,27)24-8-6-23(7-9-24)15-10-14(19-12-20-15)22-4-2-3-5-22/h10-12H,2-9H2,1H3,(H,18,21,25). The van der Waals surface area contributed by atoms with E-state index in [9.17, 15) is 13.2 Å². The van der Waals surface area contributed by atoms with E-state index in [1.807, 2.05) is 6.07 Å². The number of anilines is 3. The van der Waals surface area contributed by atoms with E-state index < -0.39 is 10.0 Å². The number of piperazine rings is 1. The Labute approximate surface area is 173 Å². The number of amides is 1. The van der Waals surface area contributed by atoms with Crippen molar-refractivity contribution in [1.29, 1.82) is 0 Å². The Morgan fingerprint density at radius 1 is 1.00 bits per heavy atom. The monoisotopic (exact) mass is 437 g/mol. The number of hydrogen-bond donors (Lipinski definition) is 1. The predicted molar refractivity (Wildman–Crippen MR) is 111 cm³/mol. The SMILES string of the molecule is CC(=O)Nc1ncc(S(=O)(=O)N2CCN(c3cc(N4CCCC4)ncn3)CC2)s1. The van der Waals surface area contributed by atoms with Crippen molar-refractivity contribution >= 4 is 44.0 Å². The van der Waals surface area contributed by atoms with Gasteiger partial charge in [-0.3, -0.25) is 4.79 Å². The zero-order chi connectivity index (χ0) is 20.4. The molecular formula is C17H23N7O3S2. The molecule has 0 saturated carbocycles. The summed E-state index contributed by atoms with van der Waals surface area (Å²) in [6.45, 7) is 5.20. The van der Waals surface area contributed by atoms with Crippen LogP contribution in [0, 0.1) is 0 Å². The molecule has 0 aliphatic carbocycles. The van der Waals surface area contributed by atoms with Gasteiger partial charge < -0.3 is 15.1 Å². The van der Waals surface area contributed by atoms with E-state index in [1.165, 1.54) is 30.3 Å². The molecule has 0 radical (unpaired) electrons. The molecule has 29 heavy (non-hydrogen) atoms. The number of aromatic nitrogens is 3. The number of thiazole rings is 1. The van der Waals surface area contributed by atoms with E-state index in [-0.39, 0.29) is 15.2 Å². The first kappa shape index (κ1) is 20.0. The molecule has 4 rings (SSSR count). The van der Waals surface area contributed by atoms with Crippen molar-refractivity contribution in [3.63, 3.8) is 0 Å². The molecule has 156 valence electrons. The van der Waals surface area contributed by atoms with Crippen LogP contribution in [0.15, 0.2) is 22.8 Å². The van der Waals surface area contributed by atoms with Crippen molar-refractivity contribution in [3.8, 4) is 0 Å². The van der Waals surface area contributed by atoms with Crippen LogP contribution >= 0.6 is 11.3 Å². The third kappa shape index (κ3) is 4.33. The predicted octanol–water partition coefficient (Wildman–Crippen LogP) is 1.00. The Bertz CT molecular complexity index is 980. The molecule has 12 heteroatoms. The number of nitrogens with zero attached hydrogens (tertiary/aromatic N) is 6. The van der Waals surface area contributed by atoms with E-state index in [0.29, 0.717) is 26.2 Å². The Kier molecular flexibility index (Phi) is 5.65. The van der Waals surface area contributed by atoms with Crippen LogP contribution in [0.4, 0.5) is 16.8 Å². The van der Waals surface area contributed by atoms with Crippen molar-refractivity contribution in [1.82, 2.24) is 19.3 Å². The van der Waals surface area contributed by atoms with Gasteiger partial charge in [-0.15, -0.1) is 0 Å². The first-order valence-corrected chi connectivity index (χ1v) is 11.7. The number of nitrogens with one attached hydrogen (secondary N) is 1. The van der Waals surface area contributed by atoms with Gasteiger partial charge in [0.05, 0.1) is 6.20 Å². The minimum Gasteiger partial charge on any atom is -0.356 e. The van der Waals surface area contributed by atoms with Gasteiger partial charge in [-0.25, -0.2) is 23.4 Å². The highest BCUT2D eigenvalue weighted by atomic mass is 32.2. The normalized spacial score (nSPS) is 18.2. The Morgan fingerprint density at radius 2 is 1.62 bits per heavy atom. The first-order chi connectivity index (χ1) is 13.9. The minimum absolute atomic E-state index is 0.132. The zero-order valence-electron chi connectivity index (χ0n) is 16.1. The van der Waals surface area contributed by atoms with E-state index in [0.717, 1.165) is 36.1 Å². The number of carbonyl (C=O) groups is 1. The third-order valence-electron chi connectivity index (χ3n) is 4.99. The minimum atomic E-state index is -3.63. The average molecular weight is 438 g/mol. The fourth-order valence-corrected chi connectivity index (χ4v) is 6.16. The lowest BCUT2D eigenvalue weighted by atomic mass is 10.3. The van der Waals surface area contributed by atoms with Gasteiger partial charge in [0.25, 0.3) is 10.0 Å². The smallest absolute Gasteiger partial charge is 0.254 e. The summed E-state index contributed by atoms with van der Waals surface area (Å²) in [7, 11) is -3.63. The van der Waals surface area contributed by atoms with Gasteiger partial charge in [-0.05, 0) is 12.8 Å². The summed E-state index contributed by atoms with van der Waals surface area (Å²) in [5, 5.41) is 2.80. The molecule has 0 bridgehead atoms. The largest absolute Gasteiger partial charge is 0.356 e. The Balaban J connectivity index is 1.42. The van der Waals surface area contributed by atoms with Gasteiger partial charge in [0.1, 0.15) is 18.0 Å². The van der Waals surface area contributed by atoms with Gasteiger partial charge in [0, 0.05) is 52.3 Å². The highest BCUT2D eigenvalue weighted by Crippen LogP contribution is 2.28. The molecule has 4 heterocycles. The quantitative estimate of drug-likeness (QED) is 0.737. The van der Waals surface area contributed by atoms with Crippen molar-refractivity contribution in [2.45, 2.75) is 24.0 Å². The van der Waals surface area contributed by atoms with Crippen molar-refractivity contribution < 1.29 is 13.2 Å². The van der Waals surface area contributed by atoms with Crippen LogP contribution in [-0.2, 0) is 14.8 Å². The lowest BCUT2D eigenvalue weighted by Crippen LogP contribution is -2.48. The van der Waals surface area contributed by atoms with Crippen molar-refractivity contribution in [2.75, 3.05) is 54.4 Å². The van der Waals surface area contributed by atoms with Crippen LogP contribution in [-0.4, -0.2) is 72.9 Å². The number of rotatable bonds is 5. The Morgan fingerprint density at radius 3 is 2.24 bits per heavy atom. The number of carbonyl (C=O) groups excluding carboxylic acids is 1. The van der Waals surface area contributed by atoms with Gasteiger partial charge in [0.15, 0.2) is 9.34 Å². The topological polar surface area (TPSA) is 112 Å². The highest BCUT2D eigenvalue weighted by Gasteiger charge is 2.31. The molecule has 1 N–H and O–H groups in total. The van der Waals surface area contributed by atoms with E-state index in [1.54, 1.807) is 6.33 Å². The molecule has 1 amide bonds. The molecule has 10 nitrogen and oxygen atoms in total. The van der Waals surface area contributed by atoms with E-state index in [4.69, 9.17) is 0 Å². The van der Waals surface area contributed by atoms with Crippen LogP contribution < -0.4 is 15.1 Å². The van der Waals surface area contributed by atoms with Crippen LogP contribution in [0.3, 0.4) is 0 Å².